The summed E-state index contributed by atoms with van der Waals surface area (Å²) in [5.41, 5.74) is 17.3. The Morgan fingerprint density at radius 1 is 0.837 bits per heavy atom. The first-order valence-corrected chi connectivity index (χ1v) is 13.9. The van der Waals surface area contributed by atoms with E-state index in [1.54, 1.807) is 30.3 Å². The van der Waals surface area contributed by atoms with Gasteiger partial charge in [-0.05, 0) is 44.2 Å². The Morgan fingerprint density at radius 2 is 1.42 bits per heavy atom. The summed E-state index contributed by atoms with van der Waals surface area (Å²) in [6, 6.07) is 3.93. The summed E-state index contributed by atoms with van der Waals surface area (Å²) < 4.78 is 0. The highest BCUT2D eigenvalue weighted by molar-refractivity contribution is 5.95. The van der Waals surface area contributed by atoms with Crippen LogP contribution in [0.15, 0.2) is 30.3 Å². The lowest BCUT2D eigenvalue weighted by Crippen LogP contribution is -2.58. The summed E-state index contributed by atoms with van der Waals surface area (Å²) in [5.74, 6) is -4.41. The van der Waals surface area contributed by atoms with E-state index in [1.807, 2.05) is 0 Å². The number of nitrogens with two attached hydrogens (primary N) is 3. The Morgan fingerprint density at radius 3 is 2.00 bits per heavy atom. The van der Waals surface area contributed by atoms with E-state index in [0.717, 1.165) is 0 Å². The molecule has 0 aliphatic rings. The topological polar surface area (TPSA) is 285 Å². The van der Waals surface area contributed by atoms with Crippen molar-refractivity contribution in [3.8, 4) is 0 Å². The molecule has 43 heavy (non-hydrogen) atoms. The molecule has 0 unspecified atom stereocenters. The molecular weight excluding hydrogens is 562 g/mol. The summed E-state index contributed by atoms with van der Waals surface area (Å²) in [5, 5.41) is 29.0. The van der Waals surface area contributed by atoms with Crippen molar-refractivity contribution in [3.05, 3.63) is 35.9 Å². The molecule has 16 nitrogen and oxygen atoms in total. The number of unbranched alkanes of at least 4 members (excludes halogenated alkanes) is 1. The summed E-state index contributed by atoms with van der Waals surface area (Å²) in [4.78, 5) is 73.9. The van der Waals surface area contributed by atoms with Crippen LogP contribution >= 0.6 is 0 Å². The lowest BCUT2D eigenvalue weighted by molar-refractivity contribution is -0.140. The van der Waals surface area contributed by atoms with Gasteiger partial charge in [0.15, 0.2) is 5.96 Å². The molecule has 238 valence electrons. The number of aliphatic carboxylic acids is 1. The van der Waals surface area contributed by atoms with Gasteiger partial charge in [0.25, 0.3) is 0 Å². The quantitative estimate of drug-likeness (QED) is 0.0295. The Bertz CT molecular complexity index is 1090. The van der Waals surface area contributed by atoms with E-state index in [-0.39, 0.29) is 38.3 Å². The number of nitrogens with one attached hydrogen (secondary N) is 6. The van der Waals surface area contributed by atoms with Crippen LogP contribution in [0, 0.1) is 5.41 Å². The number of benzene rings is 1. The lowest BCUT2D eigenvalue weighted by Gasteiger charge is -2.26. The number of guanidine groups is 1. The fourth-order valence-electron chi connectivity index (χ4n) is 3.99. The van der Waals surface area contributed by atoms with Gasteiger partial charge >= 0.3 is 5.97 Å². The normalized spacial score (nSPS) is 13.3. The summed E-state index contributed by atoms with van der Waals surface area (Å²) >= 11 is 0. The van der Waals surface area contributed by atoms with Gasteiger partial charge in [-0.1, -0.05) is 30.3 Å². The minimum atomic E-state index is -1.41. The van der Waals surface area contributed by atoms with Crippen molar-refractivity contribution in [2.45, 2.75) is 69.1 Å². The van der Waals surface area contributed by atoms with Gasteiger partial charge in [-0.2, -0.15) is 0 Å². The number of amides is 4. The smallest absolute Gasteiger partial charge is 0.305 e. The first-order valence-electron chi connectivity index (χ1n) is 13.9. The highest BCUT2D eigenvalue weighted by atomic mass is 16.4. The molecule has 0 spiro atoms. The maximum Gasteiger partial charge on any atom is 0.305 e. The second-order valence-electron chi connectivity index (χ2n) is 9.76. The Labute approximate surface area is 249 Å². The van der Waals surface area contributed by atoms with Crippen molar-refractivity contribution in [2.75, 3.05) is 19.6 Å². The number of carboxylic acid groups (broad SMARTS) is 1. The average Bonchev–Trinajstić information content (AvgIpc) is 2.96. The van der Waals surface area contributed by atoms with Crippen LogP contribution < -0.4 is 43.8 Å². The largest absolute Gasteiger partial charge is 0.481 e. The third kappa shape index (κ3) is 15.3. The predicted molar refractivity (Wildman–Crippen MR) is 157 cm³/mol. The van der Waals surface area contributed by atoms with Crippen molar-refractivity contribution < 1.29 is 33.9 Å². The first-order chi connectivity index (χ1) is 20.5. The SMILES string of the molecule is N=C(N)NCCC[C@H](NC(=O)[C@H](CCCCN)NC(=O)[C@@H](Cc1ccccc1)NC(=O)[C@@H](N)CC(=O)O)C(=O)NCC=O. The fourth-order valence-corrected chi connectivity index (χ4v) is 3.99. The molecule has 4 amide bonds. The minimum absolute atomic E-state index is 0.0230. The molecule has 1 rings (SSSR count). The highest BCUT2D eigenvalue weighted by Crippen LogP contribution is 2.08. The zero-order chi connectivity index (χ0) is 32.2. The van der Waals surface area contributed by atoms with Gasteiger partial charge < -0.3 is 53.7 Å². The zero-order valence-electron chi connectivity index (χ0n) is 24.0. The summed E-state index contributed by atoms with van der Waals surface area (Å²) in [7, 11) is 0. The van der Waals surface area contributed by atoms with E-state index in [1.165, 1.54) is 0 Å². The predicted octanol–water partition coefficient (Wildman–Crippen LogP) is -2.81. The van der Waals surface area contributed by atoms with Crippen LogP contribution in [0.1, 0.15) is 44.1 Å². The number of hydrogen-bond donors (Lipinski definition) is 10. The van der Waals surface area contributed by atoms with Crippen molar-refractivity contribution >= 4 is 41.8 Å². The molecule has 0 aliphatic heterocycles. The zero-order valence-corrected chi connectivity index (χ0v) is 24.0. The van der Waals surface area contributed by atoms with Crippen LogP contribution in [-0.4, -0.2) is 90.8 Å². The van der Waals surface area contributed by atoms with Crippen molar-refractivity contribution in [1.82, 2.24) is 26.6 Å². The second kappa shape index (κ2) is 20.3. The molecule has 0 saturated heterocycles. The van der Waals surface area contributed by atoms with E-state index in [9.17, 15) is 28.8 Å². The molecule has 4 atom stereocenters. The average molecular weight is 606 g/mol. The van der Waals surface area contributed by atoms with E-state index in [0.29, 0.717) is 37.7 Å². The molecular formula is C27H43N9O7. The molecule has 0 aromatic heterocycles. The van der Waals surface area contributed by atoms with Gasteiger partial charge in [-0.15, -0.1) is 0 Å². The van der Waals surface area contributed by atoms with Crippen molar-refractivity contribution in [3.63, 3.8) is 0 Å². The lowest BCUT2D eigenvalue weighted by atomic mass is 10.0. The molecule has 16 heteroatoms. The second-order valence-corrected chi connectivity index (χ2v) is 9.76. The molecule has 0 radical (unpaired) electrons. The van der Waals surface area contributed by atoms with Gasteiger partial charge in [-0.3, -0.25) is 29.4 Å². The number of rotatable bonds is 21. The Hall–Kier alpha value is -4.57. The van der Waals surface area contributed by atoms with Crippen LogP contribution in [0.25, 0.3) is 0 Å². The summed E-state index contributed by atoms with van der Waals surface area (Å²) in [6.45, 7) is 0.332. The van der Waals surface area contributed by atoms with Crippen LogP contribution in [0.5, 0.6) is 0 Å². The molecule has 0 heterocycles. The van der Waals surface area contributed by atoms with Gasteiger partial charge in [0.05, 0.1) is 19.0 Å². The third-order valence-electron chi connectivity index (χ3n) is 6.20. The van der Waals surface area contributed by atoms with E-state index in [4.69, 9.17) is 27.7 Å². The van der Waals surface area contributed by atoms with E-state index < -0.39 is 60.2 Å². The van der Waals surface area contributed by atoms with Gasteiger partial charge in [0.2, 0.25) is 23.6 Å². The number of hydrogen-bond acceptors (Lipinski definition) is 9. The van der Waals surface area contributed by atoms with E-state index in [2.05, 4.69) is 26.6 Å². The monoisotopic (exact) mass is 605 g/mol. The number of aldehydes is 1. The highest BCUT2D eigenvalue weighted by Gasteiger charge is 2.30. The molecule has 0 fully saturated rings. The van der Waals surface area contributed by atoms with Crippen LogP contribution in [-0.2, 0) is 35.2 Å². The minimum Gasteiger partial charge on any atom is -0.481 e. The maximum absolute atomic E-state index is 13.5. The number of carbonyl (C=O) groups is 6. The van der Waals surface area contributed by atoms with Crippen molar-refractivity contribution in [1.29, 1.82) is 5.41 Å². The third-order valence-corrected chi connectivity index (χ3v) is 6.20. The Kier molecular flexibility index (Phi) is 17.2. The van der Waals surface area contributed by atoms with Crippen molar-refractivity contribution in [2.24, 2.45) is 17.2 Å². The molecule has 13 N–H and O–H groups in total. The molecule has 1 aromatic carbocycles. The molecule has 0 aliphatic carbocycles. The molecule has 0 bridgehead atoms. The summed E-state index contributed by atoms with van der Waals surface area (Å²) in [6.07, 6.45) is 1.51. The number of carbonyl (C=O) groups excluding carboxylic acids is 5. The first kappa shape index (κ1) is 36.5. The maximum atomic E-state index is 13.5. The fraction of sp³-hybridized carbons (Fsp3) is 0.519. The Balaban J connectivity index is 3.15. The van der Waals surface area contributed by atoms with Crippen LogP contribution in [0.4, 0.5) is 0 Å². The number of carboxylic acids is 1. The molecule has 1 aromatic rings. The van der Waals surface area contributed by atoms with Crippen LogP contribution in [0.3, 0.4) is 0 Å². The van der Waals surface area contributed by atoms with Crippen LogP contribution in [0.2, 0.25) is 0 Å². The standard InChI is InChI=1S/C27H43N9O7/c28-11-5-4-9-20(25(42)34-19(24(41)32-13-14-37)10-6-12-33-27(30)31)35-26(43)21(15-17-7-2-1-3-8-17)36-23(40)18(29)16-22(38)39/h1-3,7-8,14,18-21H,4-6,9-13,15-16,28-29H2,(H,32,41)(H,34,42)(H,35,43)(H,36,40)(H,38,39)(H4,30,31,33)/t18-,19-,20-,21+/m0/s1. The van der Waals surface area contributed by atoms with E-state index >= 15 is 0 Å². The van der Waals surface area contributed by atoms with Gasteiger partial charge in [-0.25, -0.2) is 0 Å². The molecule has 0 saturated carbocycles. The van der Waals surface area contributed by atoms with Gasteiger partial charge in [0, 0.05) is 13.0 Å². The van der Waals surface area contributed by atoms with Gasteiger partial charge in [0.1, 0.15) is 24.4 Å².